The number of carbonyl (C=O) groups is 1. The van der Waals surface area contributed by atoms with Crippen LogP contribution in [0.1, 0.15) is 5.56 Å². The first-order valence-corrected chi connectivity index (χ1v) is 11.5. The first-order chi connectivity index (χ1) is 14.5. The third-order valence-electron chi connectivity index (χ3n) is 4.95. The van der Waals surface area contributed by atoms with E-state index in [4.69, 9.17) is 4.98 Å². The van der Waals surface area contributed by atoms with E-state index >= 15 is 0 Å². The van der Waals surface area contributed by atoms with Crippen molar-refractivity contribution in [3.63, 3.8) is 0 Å². The highest BCUT2D eigenvalue weighted by Gasteiger charge is 2.22. The number of anilines is 1. The number of piperazine rings is 1. The number of non-ortho nitro benzene ring substituents is 1. The highest BCUT2D eigenvalue weighted by Crippen LogP contribution is 2.32. The van der Waals surface area contributed by atoms with E-state index in [2.05, 4.69) is 29.4 Å². The number of benzene rings is 2. The average Bonchev–Trinajstić information content (AvgIpc) is 3.21. The van der Waals surface area contributed by atoms with E-state index in [0.29, 0.717) is 18.7 Å². The Labute approximate surface area is 182 Å². The molecule has 0 radical (unpaired) electrons. The molecule has 0 unspecified atom stereocenters. The smallest absolute Gasteiger partial charge is 0.270 e. The molecule has 1 amide bonds. The Hall–Kier alpha value is -2.91. The molecule has 1 aliphatic rings. The molecular weight excluding hydrogens is 420 g/mol. The van der Waals surface area contributed by atoms with Crippen LogP contribution in [0.4, 0.5) is 10.8 Å². The molecule has 9 heteroatoms. The van der Waals surface area contributed by atoms with Crippen LogP contribution < -0.4 is 4.90 Å². The first-order valence-electron chi connectivity index (χ1n) is 9.44. The maximum Gasteiger partial charge on any atom is 0.270 e. The van der Waals surface area contributed by atoms with Gasteiger partial charge in [-0.3, -0.25) is 14.9 Å². The van der Waals surface area contributed by atoms with Crippen LogP contribution in [0.15, 0.2) is 53.4 Å². The predicted molar refractivity (Wildman–Crippen MR) is 122 cm³/mol. The molecule has 2 heterocycles. The largest absolute Gasteiger partial charge is 0.345 e. The molecule has 3 aromatic rings. The van der Waals surface area contributed by atoms with Crippen LogP contribution in [0.5, 0.6) is 0 Å². The Morgan fingerprint density at radius 1 is 1.20 bits per heavy atom. The van der Waals surface area contributed by atoms with E-state index in [1.807, 2.05) is 0 Å². The van der Waals surface area contributed by atoms with Gasteiger partial charge in [-0.1, -0.05) is 23.5 Å². The van der Waals surface area contributed by atoms with E-state index in [0.717, 1.165) is 23.7 Å². The predicted octanol–water partition coefficient (Wildman–Crippen LogP) is 4.29. The maximum absolute atomic E-state index is 12.5. The van der Waals surface area contributed by atoms with E-state index in [1.165, 1.54) is 27.8 Å². The number of hydrogen-bond acceptors (Lipinski definition) is 7. The van der Waals surface area contributed by atoms with Crippen LogP contribution in [-0.2, 0) is 4.79 Å². The normalized spacial score (nSPS) is 14.6. The number of fused-ring (bicyclic) bond motifs is 1. The van der Waals surface area contributed by atoms with Crippen LogP contribution in [0.25, 0.3) is 16.3 Å². The van der Waals surface area contributed by atoms with Crippen LogP contribution in [0, 0.1) is 10.1 Å². The molecule has 1 aromatic heterocycles. The minimum Gasteiger partial charge on any atom is -0.345 e. The number of nitro groups is 1. The summed E-state index contributed by atoms with van der Waals surface area (Å²) in [4.78, 5) is 32.9. The molecule has 1 saturated heterocycles. The number of aromatic nitrogens is 1. The van der Waals surface area contributed by atoms with E-state index in [9.17, 15) is 14.9 Å². The second-order valence-corrected chi connectivity index (χ2v) is 8.72. The maximum atomic E-state index is 12.5. The summed E-state index contributed by atoms with van der Waals surface area (Å²) in [7, 11) is 0. The molecule has 4 rings (SSSR count). The average molecular weight is 441 g/mol. The zero-order valence-electron chi connectivity index (χ0n) is 16.4. The Kier molecular flexibility index (Phi) is 6.01. The SMILES string of the molecule is CSc1ccc2nc(N3CCN(C(=O)/C=C/c4cccc([N+](=O)[O-])c4)CC3)sc2c1. The molecule has 30 heavy (non-hydrogen) atoms. The summed E-state index contributed by atoms with van der Waals surface area (Å²) in [5.74, 6) is -0.0879. The van der Waals surface area contributed by atoms with Crippen molar-refractivity contribution in [2.75, 3.05) is 37.3 Å². The number of nitrogens with zero attached hydrogens (tertiary/aromatic N) is 4. The fourth-order valence-corrected chi connectivity index (χ4v) is 4.86. The fraction of sp³-hybridized carbons (Fsp3) is 0.238. The number of amides is 1. The van der Waals surface area contributed by atoms with Crippen LogP contribution in [-0.4, -0.2) is 53.1 Å². The minimum absolute atomic E-state index is 0.0127. The second kappa shape index (κ2) is 8.85. The molecule has 0 aliphatic carbocycles. The number of nitro benzene ring substituents is 1. The van der Waals surface area contributed by atoms with E-state index in [1.54, 1.807) is 46.2 Å². The molecule has 0 spiro atoms. The second-order valence-electron chi connectivity index (χ2n) is 6.83. The Morgan fingerprint density at radius 3 is 2.73 bits per heavy atom. The van der Waals surface area contributed by atoms with Gasteiger partial charge < -0.3 is 9.80 Å². The summed E-state index contributed by atoms with van der Waals surface area (Å²) < 4.78 is 1.18. The molecule has 2 aromatic carbocycles. The Bertz CT molecular complexity index is 1120. The number of thioether (sulfide) groups is 1. The van der Waals surface area contributed by atoms with Gasteiger partial charge in [0.15, 0.2) is 5.13 Å². The topological polar surface area (TPSA) is 79.6 Å². The number of rotatable bonds is 5. The van der Waals surface area contributed by atoms with Crippen molar-refractivity contribution in [3.05, 3.63) is 64.2 Å². The molecule has 0 N–H and O–H groups in total. The zero-order valence-corrected chi connectivity index (χ0v) is 18.0. The summed E-state index contributed by atoms with van der Waals surface area (Å²) in [6.07, 6.45) is 5.17. The van der Waals surface area contributed by atoms with Crippen LogP contribution >= 0.6 is 23.1 Å². The summed E-state index contributed by atoms with van der Waals surface area (Å²) in [6.45, 7) is 2.69. The van der Waals surface area contributed by atoms with E-state index in [-0.39, 0.29) is 11.6 Å². The quantitative estimate of drug-likeness (QED) is 0.255. The molecule has 1 aliphatic heterocycles. The zero-order chi connectivity index (χ0) is 21.1. The number of thiazole rings is 1. The van der Waals surface area contributed by atoms with E-state index < -0.39 is 4.92 Å². The first kappa shape index (κ1) is 20.4. The van der Waals surface area contributed by atoms with Gasteiger partial charge in [-0.05, 0) is 36.1 Å². The lowest BCUT2D eigenvalue weighted by Gasteiger charge is -2.34. The van der Waals surface area contributed by atoms with Crippen LogP contribution in [0.2, 0.25) is 0 Å². The van der Waals surface area contributed by atoms with Gasteiger partial charge in [0.1, 0.15) is 0 Å². The Morgan fingerprint density at radius 2 is 2.00 bits per heavy atom. The van der Waals surface area contributed by atoms with Gasteiger partial charge >= 0.3 is 0 Å². The van der Waals surface area contributed by atoms with Gasteiger partial charge in [0.25, 0.3) is 5.69 Å². The lowest BCUT2D eigenvalue weighted by atomic mass is 10.2. The molecule has 1 fully saturated rings. The molecule has 0 saturated carbocycles. The van der Waals surface area contributed by atoms with Gasteiger partial charge in [-0.25, -0.2) is 4.98 Å². The standard InChI is InChI=1S/C21H20N4O3S2/c1-29-17-6-7-18-19(14-17)30-21(22-18)24-11-9-23(10-12-24)20(26)8-5-15-3-2-4-16(13-15)25(27)28/h2-8,13-14H,9-12H2,1H3/b8-5+. The van der Waals surface area contributed by atoms with Crippen molar-refractivity contribution in [3.8, 4) is 0 Å². The molecule has 154 valence electrons. The van der Waals surface area contributed by atoms with Crippen molar-refractivity contribution in [1.82, 2.24) is 9.88 Å². The van der Waals surface area contributed by atoms with Crippen molar-refractivity contribution >= 4 is 56.1 Å². The Balaban J connectivity index is 1.37. The highest BCUT2D eigenvalue weighted by atomic mass is 32.2. The fourth-order valence-electron chi connectivity index (χ4n) is 3.29. The van der Waals surface area contributed by atoms with Crippen molar-refractivity contribution in [2.24, 2.45) is 0 Å². The summed E-state index contributed by atoms with van der Waals surface area (Å²) in [6, 6.07) is 12.5. The van der Waals surface area contributed by atoms with Crippen LogP contribution in [0.3, 0.4) is 0 Å². The minimum atomic E-state index is -0.442. The van der Waals surface area contributed by atoms with Gasteiger partial charge in [-0.15, -0.1) is 11.8 Å². The van der Waals surface area contributed by atoms with Crippen molar-refractivity contribution in [1.29, 1.82) is 0 Å². The van der Waals surface area contributed by atoms with Gasteiger partial charge in [0.05, 0.1) is 15.1 Å². The summed E-state index contributed by atoms with van der Waals surface area (Å²) >= 11 is 3.40. The monoisotopic (exact) mass is 440 g/mol. The van der Waals surface area contributed by atoms with Crippen molar-refractivity contribution in [2.45, 2.75) is 4.90 Å². The summed E-state index contributed by atoms with van der Waals surface area (Å²) in [5, 5.41) is 11.9. The summed E-state index contributed by atoms with van der Waals surface area (Å²) in [5.41, 5.74) is 1.65. The van der Waals surface area contributed by atoms with Gasteiger partial charge in [0, 0.05) is 49.3 Å². The molecule has 0 bridgehead atoms. The van der Waals surface area contributed by atoms with Gasteiger partial charge in [-0.2, -0.15) is 0 Å². The molecular formula is C21H20N4O3S2. The number of hydrogen-bond donors (Lipinski definition) is 0. The van der Waals surface area contributed by atoms with Crippen molar-refractivity contribution < 1.29 is 9.72 Å². The third-order valence-corrected chi connectivity index (χ3v) is 6.75. The molecule has 7 nitrogen and oxygen atoms in total. The highest BCUT2D eigenvalue weighted by molar-refractivity contribution is 7.98. The lowest BCUT2D eigenvalue weighted by molar-refractivity contribution is -0.384. The molecule has 0 atom stereocenters. The third kappa shape index (κ3) is 4.47. The lowest BCUT2D eigenvalue weighted by Crippen LogP contribution is -2.48. The number of carbonyl (C=O) groups excluding carboxylic acids is 1. The van der Waals surface area contributed by atoms with Gasteiger partial charge in [0.2, 0.25) is 5.91 Å².